The maximum absolute atomic E-state index is 12.2. The number of amides is 1. The zero-order valence-electron chi connectivity index (χ0n) is 12.7. The highest BCUT2D eigenvalue weighted by Crippen LogP contribution is 2.24. The Bertz CT molecular complexity index is 555. The molecule has 0 radical (unpaired) electrons. The second kappa shape index (κ2) is 7.20. The van der Waals surface area contributed by atoms with E-state index in [4.69, 9.17) is 5.11 Å². The molecule has 1 heterocycles. The number of piperidine rings is 1. The van der Waals surface area contributed by atoms with Crippen LogP contribution in [0.1, 0.15) is 36.5 Å². The molecule has 118 valence electrons. The van der Waals surface area contributed by atoms with E-state index in [2.05, 4.69) is 0 Å². The van der Waals surface area contributed by atoms with E-state index < -0.39 is 5.97 Å². The minimum absolute atomic E-state index is 0.0394. The first-order chi connectivity index (χ1) is 10.5. The van der Waals surface area contributed by atoms with Gasteiger partial charge in [-0.25, -0.2) is 0 Å². The zero-order valence-corrected chi connectivity index (χ0v) is 12.7. The van der Waals surface area contributed by atoms with Crippen LogP contribution in [0.5, 0.6) is 0 Å². The molecule has 0 aromatic heterocycles. The maximum Gasteiger partial charge on any atom is 0.306 e. The normalized spacial score (nSPS) is 21.4. The molecule has 1 amide bonds. The fraction of sp³-hybridized carbons (Fsp3) is 0.471. The highest BCUT2D eigenvalue weighted by molar-refractivity contribution is 5.97. The van der Waals surface area contributed by atoms with Crippen molar-refractivity contribution in [1.29, 1.82) is 0 Å². The molecule has 22 heavy (non-hydrogen) atoms. The zero-order chi connectivity index (χ0) is 16.1. The van der Waals surface area contributed by atoms with Crippen molar-refractivity contribution in [2.75, 3.05) is 13.1 Å². The Balaban J connectivity index is 1.83. The van der Waals surface area contributed by atoms with Crippen molar-refractivity contribution >= 4 is 17.7 Å². The number of hydrogen-bond acceptors (Lipinski definition) is 3. The van der Waals surface area contributed by atoms with Gasteiger partial charge in [0.15, 0.2) is 5.78 Å². The van der Waals surface area contributed by atoms with E-state index in [1.807, 2.05) is 13.0 Å². The summed E-state index contributed by atoms with van der Waals surface area (Å²) in [6.45, 7) is 2.77. The number of Topliss-reactive ketones (excluding diaryl/α,β-unsaturated/α-hetero) is 1. The van der Waals surface area contributed by atoms with Crippen LogP contribution in [0.4, 0.5) is 0 Å². The molecule has 5 nitrogen and oxygen atoms in total. The van der Waals surface area contributed by atoms with Gasteiger partial charge in [0.1, 0.15) is 0 Å². The number of benzene rings is 1. The van der Waals surface area contributed by atoms with Gasteiger partial charge in [-0.3, -0.25) is 14.4 Å². The van der Waals surface area contributed by atoms with Crippen molar-refractivity contribution in [3.8, 4) is 0 Å². The van der Waals surface area contributed by atoms with Crippen LogP contribution >= 0.6 is 0 Å². The molecule has 0 saturated carbocycles. The molecule has 0 aliphatic carbocycles. The number of carbonyl (C=O) groups is 3. The number of aliphatic carboxylic acids is 1. The third kappa shape index (κ3) is 3.93. The number of likely N-dealkylation sites (tertiary alicyclic amines) is 1. The third-order valence-corrected chi connectivity index (χ3v) is 4.24. The van der Waals surface area contributed by atoms with Crippen molar-refractivity contribution < 1.29 is 19.5 Å². The monoisotopic (exact) mass is 303 g/mol. The van der Waals surface area contributed by atoms with Crippen molar-refractivity contribution in [1.82, 2.24) is 4.90 Å². The summed E-state index contributed by atoms with van der Waals surface area (Å²) < 4.78 is 0. The van der Waals surface area contributed by atoms with Crippen LogP contribution in [0.2, 0.25) is 0 Å². The Hall–Kier alpha value is -2.17. The predicted octanol–water partition coefficient (Wildman–Crippen LogP) is 2.22. The SMILES string of the molecule is CC1CN(C(=O)CCC(=O)c2ccccc2)CCC1C(=O)O. The molecule has 2 atom stereocenters. The molecule has 1 aromatic carbocycles. The van der Waals surface area contributed by atoms with Gasteiger partial charge in [0, 0.05) is 31.5 Å². The summed E-state index contributed by atoms with van der Waals surface area (Å²) in [5.74, 6) is -1.34. The van der Waals surface area contributed by atoms with E-state index in [1.54, 1.807) is 29.2 Å². The van der Waals surface area contributed by atoms with Gasteiger partial charge in [-0.2, -0.15) is 0 Å². The molecule has 1 N–H and O–H groups in total. The summed E-state index contributed by atoms with van der Waals surface area (Å²) in [6, 6.07) is 8.93. The van der Waals surface area contributed by atoms with Crippen LogP contribution in [-0.2, 0) is 9.59 Å². The predicted molar refractivity (Wildman–Crippen MR) is 81.5 cm³/mol. The molecule has 1 fully saturated rings. The van der Waals surface area contributed by atoms with Crippen LogP contribution in [-0.4, -0.2) is 40.8 Å². The summed E-state index contributed by atoms with van der Waals surface area (Å²) in [6.07, 6.45) is 0.850. The van der Waals surface area contributed by atoms with Crippen LogP contribution < -0.4 is 0 Å². The lowest BCUT2D eigenvalue weighted by molar-refractivity contribution is -0.148. The van der Waals surface area contributed by atoms with Crippen LogP contribution in [0.25, 0.3) is 0 Å². The Morgan fingerprint density at radius 1 is 1.18 bits per heavy atom. The second-order valence-electron chi connectivity index (χ2n) is 5.84. The molecule has 0 bridgehead atoms. The highest BCUT2D eigenvalue weighted by atomic mass is 16.4. The number of carbonyl (C=O) groups excluding carboxylic acids is 2. The third-order valence-electron chi connectivity index (χ3n) is 4.24. The molecule has 1 saturated heterocycles. The number of nitrogens with zero attached hydrogens (tertiary/aromatic N) is 1. The molecule has 2 unspecified atom stereocenters. The van der Waals surface area contributed by atoms with Gasteiger partial charge in [-0.1, -0.05) is 37.3 Å². The lowest BCUT2D eigenvalue weighted by Crippen LogP contribution is -2.45. The lowest BCUT2D eigenvalue weighted by Gasteiger charge is -2.35. The van der Waals surface area contributed by atoms with Crippen LogP contribution in [0.15, 0.2) is 30.3 Å². The van der Waals surface area contributed by atoms with Gasteiger partial charge in [0.05, 0.1) is 5.92 Å². The summed E-state index contributed by atoms with van der Waals surface area (Å²) in [4.78, 5) is 36.9. The Kier molecular flexibility index (Phi) is 5.31. The van der Waals surface area contributed by atoms with Gasteiger partial charge in [0.2, 0.25) is 5.91 Å². The molecule has 1 aliphatic rings. The van der Waals surface area contributed by atoms with Gasteiger partial charge < -0.3 is 10.0 Å². The van der Waals surface area contributed by atoms with Gasteiger partial charge in [0.25, 0.3) is 0 Å². The fourth-order valence-electron chi connectivity index (χ4n) is 2.89. The average molecular weight is 303 g/mol. The topological polar surface area (TPSA) is 74.7 Å². The van der Waals surface area contributed by atoms with Crippen molar-refractivity contribution in [2.45, 2.75) is 26.2 Å². The minimum atomic E-state index is -0.793. The molecular weight excluding hydrogens is 282 g/mol. The number of hydrogen-bond donors (Lipinski definition) is 1. The molecule has 1 aliphatic heterocycles. The minimum Gasteiger partial charge on any atom is -0.481 e. The van der Waals surface area contributed by atoms with E-state index in [-0.39, 0.29) is 36.4 Å². The summed E-state index contributed by atoms with van der Waals surface area (Å²) in [5.41, 5.74) is 0.619. The van der Waals surface area contributed by atoms with Crippen LogP contribution in [0.3, 0.4) is 0 Å². The Labute approximate surface area is 129 Å². The summed E-state index contributed by atoms with van der Waals surface area (Å²) in [7, 11) is 0. The lowest BCUT2D eigenvalue weighted by atomic mass is 9.87. The average Bonchev–Trinajstić information content (AvgIpc) is 2.52. The van der Waals surface area contributed by atoms with Crippen molar-refractivity contribution in [3.05, 3.63) is 35.9 Å². The number of carboxylic acid groups (broad SMARTS) is 1. The first-order valence-corrected chi connectivity index (χ1v) is 7.58. The Morgan fingerprint density at radius 2 is 1.86 bits per heavy atom. The van der Waals surface area contributed by atoms with Gasteiger partial charge in [-0.05, 0) is 12.3 Å². The molecule has 1 aromatic rings. The highest BCUT2D eigenvalue weighted by Gasteiger charge is 2.32. The van der Waals surface area contributed by atoms with E-state index in [0.29, 0.717) is 25.1 Å². The maximum atomic E-state index is 12.2. The van der Waals surface area contributed by atoms with E-state index >= 15 is 0 Å². The molecular formula is C17H21NO4. The standard InChI is InChI=1S/C17H21NO4/c1-12-11-18(10-9-14(12)17(21)22)16(20)8-7-15(19)13-5-3-2-4-6-13/h2-6,12,14H,7-11H2,1H3,(H,21,22). The second-order valence-corrected chi connectivity index (χ2v) is 5.84. The largest absolute Gasteiger partial charge is 0.481 e. The first-order valence-electron chi connectivity index (χ1n) is 7.58. The first kappa shape index (κ1) is 16.2. The number of ketones is 1. The molecule has 0 spiro atoms. The van der Waals surface area contributed by atoms with E-state index in [9.17, 15) is 14.4 Å². The van der Waals surface area contributed by atoms with E-state index in [1.165, 1.54) is 0 Å². The molecule has 5 heteroatoms. The smallest absolute Gasteiger partial charge is 0.306 e. The van der Waals surface area contributed by atoms with Crippen LogP contribution in [0, 0.1) is 11.8 Å². The Morgan fingerprint density at radius 3 is 2.45 bits per heavy atom. The van der Waals surface area contributed by atoms with Gasteiger partial charge >= 0.3 is 5.97 Å². The van der Waals surface area contributed by atoms with E-state index in [0.717, 1.165) is 0 Å². The number of carboxylic acids is 1. The fourth-order valence-corrected chi connectivity index (χ4v) is 2.89. The summed E-state index contributed by atoms with van der Waals surface area (Å²) in [5, 5.41) is 9.09. The quantitative estimate of drug-likeness (QED) is 0.846. The molecule has 2 rings (SSSR count). The van der Waals surface area contributed by atoms with Crippen molar-refractivity contribution in [2.24, 2.45) is 11.8 Å². The van der Waals surface area contributed by atoms with Crippen molar-refractivity contribution in [3.63, 3.8) is 0 Å². The number of rotatable bonds is 5. The summed E-state index contributed by atoms with van der Waals surface area (Å²) >= 11 is 0. The van der Waals surface area contributed by atoms with Gasteiger partial charge in [-0.15, -0.1) is 0 Å².